The zero-order valence-electron chi connectivity index (χ0n) is 16.2. The molecule has 0 rings (SSSR count). The van der Waals surface area contributed by atoms with Crippen LogP contribution in [0.4, 0.5) is 0 Å². The largest absolute Gasteiger partial charge is 0.435 e. The van der Waals surface area contributed by atoms with E-state index in [1.165, 1.54) is 0 Å². The summed E-state index contributed by atoms with van der Waals surface area (Å²) in [6.07, 6.45) is 5.88. The Kier molecular flexibility index (Phi) is 15.6. The quantitative estimate of drug-likeness (QED) is 0.177. The van der Waals surface area contributed by atoms with Crippen molar-refractivity contribution in [2.75, 3.05) is 0 Å². The second kappa shape index (κ2) is 16.2. The zero-order valence-corrected chi connectivity index (χ0v) is 16.2. The van der Waals surface area contributed by atoms with Crippen LogP contribution in [0, 0.1) is 0 Å². The van der Waals surface area contributed by atoms with Crippen LogP contribution in [0.15, 0.2) is 12.8 Å². The van der Waals surface area contributed by atoms with Gasteiger partial charge < -0.3 is 25.2 Å². The zero-order chi connectivity index (χ0) is 19.8. The summed E-state index contributed by atoms with van der Waals surface area (Å²) in [6.45, 7) is 5.40. The third kappa shape index (κ3) is 13.3. The lowest BCUT2D eigenvalue weighted by Crippen LogP contribution is -2.35. The molecule has 0 bridgehead atoms. The molecule has 0 fully saturated rings. The van der Waals surface area contributed by atoms with Crippen LogP contribution in [0.2, 0.25) is 0 Å². The van der Waals surface area contributed by atoms with E-state index in [1.807, 2.05) is 0 Å². The molecule has 0 saturated carbocycles. The van der Waals surface area contributed by atoms with Crippen molar-refractivity contribution in [3.63, 3.8) is 0 Å². The smallest absolute Gasteiger partial charge is 0.310 e. The average Bonchev–Trinajstić information content (AvgIpc) is 2.60. The number of hydrogen-bond donors (Lipinski definition) is 4. The Morgan fingerprint density at radius 1 is 0.846 bits per heavy atom. The van der Waals surface area contributed by atoms with E-state index in [0.717, 1.165) is 57.6 Å². The topological polar surface area (TPSA) is 107 Å². The molecular weight excluding hydrogens is 336 g/mol. The Bertz CT molecular complexity index is 360. The van der Waals surface area contributed by atoms with Crippen LogP contribution in [0.1, 0.15) is 84.0 Å². The summed E-state index contributed by atoms with van der Waals surface area (Å²) < 4.78 is 4.63. The van der Waals surface area contributed by atoms with Crippen molar-refractivity contribution in [3.8, 4) is 0 Å². The summed E-state index contributed by atoms with van der Waals surface area (Å²) in [5.41, 5.74) is 0. The molecule has 0 aromatic heterocycles. The van der Waals surface area contributed by atoms with Gasteiger partial charge in [-0.05, 0) is 19.3 Å². The highest BCUT2D eigenvalue weighted by molar-refractivity contribution is 5.69. The Morgan fingerprint density at radius 2 is 1.35 bits per heavy atom. The Hall–Kier alpha value is -0.950. The molecule has 0 amide bonds. The molecule has 0 aliphatic carbocycles. The third-order valence-corrected chi connectivity index (χ3v) is 4.57. The van der Waals surface area contributed by atoms with Gasteiger partial charge in [0.25, 0.3) is 0 Å². The number of ether oxygens (including phenoxy) is 1. The van der Waals surface area contributed by atoms with Crippen LogP contribution < -0.4 is 0 Å². The lowest BCUT2D eigenvalue weighted by atomic mass is 9.96. The number of aliphatic hydroxyl groups is 4. The number of carbonyl (C=O) groups is 1. The molecule has 0 radical (unpaired) electrons. The minimum Gasteiger partial charge on any atom is -0.435 e. The van der Waals surface area contributed by atoms with Crippen LogP contribution in [0.5, 0.6) is 0 Å². The molecule has 0 aromatic carbocycles. The van der Waals surface area contributed by atoms with Gasteiger partial charge in [0, 0.05) is 12.8 Å². The maximum Gasteiger partial charge on any atom is 0.310 e. The molecule has 26 heavy (non-hydrogen) atoms. The second-order valence-electron chi connectivity index (χ2n) is 6.96. The fraction of sp³-hybridized carbons (Fsp3) is 0.850. The predicted octanol–water partition coefficient (Wildman–Crippen LogP) is 2.82. The number of esters is 1. The lowest BCUT2D eigenvalue weighted by molar-refractivity contribution is -0.138. The van der Waals surface area contributed by atoms with E-state index in [4.69, 9.17) is 0 Å². The van der Waals surface area contributed by atoms with Gasteiger partial charge >= 0.3 is 5.97 Å². The van der Waals surface area contributed by atoms with E-state index in [1.54, 1.807) is 0 Å². The molecule has 0 aliphatic rings. The normalized spacial score (nSPS) is 15.9. The molecule has 6 heteroatoms. The van der Waals surface area contributed by atoms with E-state index in [9.17, 15) is 25.2 Å². The van der Waals surface area contributed by atoms with Crippen molar-refractivity contribution < 1.29 is 30.0 Å². The first-order valence-corrected chi connectivity index (χ1v) is 9.95. The summed E-state index contributed by atoms with van der Waals surface area (Å²) >= 11 is 0. The number of carbonyl (C=O) groups excluding carboxylic acids is 1. The van der Waals surface area contributed by atoms with Gasteiger partial charge in [0.2, 0.25) is 0 Å². The van der Waals surface area contributed by atoms with Crippen LogP contribution >= 0.6 is 0 Å². The molecule has 4 atom stereocenters. The van der Waals surface area contributed by atoms with Crippen molar-refractivity contribution in [1.29, 1.82) is 0 Å². The fourth-order valence-corrected chi connectivity index (χ4v) is 2.85. The van der Waals surface area contributed by atoms with Crippen molar-refractivity contribution in [1.82, 2.24) is 0 Å². The van der Waals surface area contributed by atoms with Gasteiger partial charge in [-0.25, -0.2) is 0 Å². The first-order chi connectivity index (χ1) is 12.4. The number of rotatable bonds is 17. The molecule has 0 aliphatic heterocycles. The molecule has 4 N–H and O–H groups in total. The molecule has 0 saturated heterocycles. The first kappa shape index (κ1) is 25.1. The van der Waals surface area contributed by atoms with Gasteiger partial charge in [-0.15, -0.1) is 0 Å². The lowest BCUT2D eigenvalue weighted by Gasteiger charge is -2.23. The second-order valence-corrected chi connectivity index (χ2v) is 6.96. The number of unbranched alkanes of at least 4 members (excludes halogenated alkanes) is 6. The maximum absolute atomic E-state index is 11.1. The highest BCUT2D eigenvalue weighted by Crippen LogP contribution is 2.16. The Labute approximate surface area is 157 Å². The van der Waals surface area contributed by atoms with Crippen LogP contribution in [0.25, 0.3) is 0 Å². The number of aliphatic hydroxyl groups excluding tert-OH is 4. The molecule has 0 aromatic rings. The highest BCUT2D eigenvalue weighted by atomic mass is 16.5. The Balaban J connectivity index is 3.73. The van der Waals surface area contributed by atoms with Crippen LogP contribution in [0.3, 0.4) is 0 Å². The predicted molar refractivity (Wildman–Crippen MR) is 101 cm³/mol. The van der Waals surface area contributed by atoms with E-state index in [0.29, 0.717) is 19.3 Å². The standard InChI is InChI=1S/C20H38O6/c1-3-5-9-12-16(21)18(23)15-19(24)17(22)13-10-7-6-8-11-14-20(25)26-4-2/h4,16-19,21-24H,2-3,5-15H2,1H3. The van der Waals surface area contributed by atoms with Gasteiger partial charge in [0.05, 0.1) is 30.7 Å². The summed E-state index contributed by atoms with van der Waals surface area (Å²) in [5, 5.41) is 39.8. The van der Waals surface area contributed by atoms with Crippen LogP contribution in [-0.4, -0.2) is 50.8 Å². The van der Waals surface area contributed by atoms with E-state index < -0.39 is 24.4 Å². The van der Waals surface area contributed by atoms with Gasteiger partial charge in [-0.3, -0.25) is 4.79 Å². The highest BCUT2D eigenvalue weighted by Gasteiger charge is 2.24. The van der Waals surface area contributed by atoms with Gasteiger partial charge in [0.1, 0.15) is 0 Å². The minimum absolute atomic E-state index is 0.0140. The van der Waals surface area contributed by atoms with Crippen molar-refractivity contribution in [2.24, 2.45) is 0 Å². The van der Waals surface area contributed by atoms with Crippen LogP contribution in [-0.2, 0) is 9.53 Å². The first-order valence-electron chi connectivity index (χ1n) is 9.95. The molecule has 6 nitrogen and oxygen atoms in total. The number of hydrogen-bond acceptors (Lipinski definition) is 6. The minimum atomic E-state index is -1.03. The summed E-state index contributed by atoms with van der Waals surface area (Å²) in [7, 11) is 0. The van der Waals surface area contributed by atoms with Crippen molar-refractivity contribution >= 4 is 5.97 Å². The Morgan fingerprint density at radius 3 is 1.88 bits per heavy atom. The molecule has 154 valence electrons. The monoisotopic (exact) mass is 374 g/mol. The van der Waals surface area contributed by atoms with Gasteiger partial charge in [0.15, 0.2) is 0 Å². The fourth-order valence-electron chi connectivity index (χ4n) is 2.85. The molecule has 0 spiro atoms. The van der Waals surface area contributed by atoms with Gasteiger partial charge in [-0.2, -0.15) is 0 Å². The van der Waals surface area contributed by atoms with E-state index in [2.05, 4.69) is 18.2 Å². The molecular formula is C20H38O6. The summed E-state index contributed by atoms with van der Waals surface area (Å²) in [4.78, 5) is 11.1. The van der Waals surface area contributed by atoms with Gasteiger partial charge in [-0.1, -0.05) is 58.4 Å². The third-order valence-electron chi connectivity index (χ3n) is 4.57. The molecule has 0 heterocycles. The average molecular weight is 375 g/mol. The SMILES string of the molecule is C=COC(=O)CCCCCCCC(O)C(O)CC(O)C(O)CCCCC. The van der Waals surface area contributed by atoms with E-state index >= 15 is 0 Å². The van der Waals surface area contributed by atoms with E-state index in [-0.39, 0.29) is 12.4 Å². The maximum atomic E-state index is 11.1. The summed E-state index contributed by atoms with van der Waals surface area (Å²) in [6, 6.07) is 0. The van der Waals surface area contributed by atoms with Crippen molar-refractivity contribution in [3.05, 3.63) is 12.8 Å². The van der Waals surface area contributed by atoms with Crippen molar-refractivity contribution in [2.45, 2.75) is 108 Å². The molecule has 4 unspecified atom stereocenters. The summed E-state index contributed by atoms with van der Waals surface area (Å²) in [5.74, 6) is -0.269.